The largest absolute Gasteiger partial charge is 0.343 e. The van der Waals surface area contributed by atoms with Crippen LogP contribution in [0, 0.1) is 18.8 Å². The second kappa shape index (κ2) is 5.80. The Labute approximate surface area is 169 Å². The molecule has 3 aliphatic heterocycles. The Balaban J connectivity index is 1.42. The summed E-state index contributed by atoms with van der Waals surface area (Å²) in [6.45, 7) is 2.00. The van der Waals surface area contributed by atoms with Gasteiger partial charge in [-0.3, -0.25) is 9.59 Å². The summed E-state index contributed by atoms with van der Waals surface area (Å²) in [4.78, 5) is 28.2. The highest BCUT2D eigenvalue weighted by atomic mass is 16.2. The second-order valence-electron chi connectivity index (χ2n) is 8.23. The minimum atomic E-state index is -0.331. The molecule has 0 saturated carbocycles. The molecule has 0 unspecified atom stereocenters. The number of amides is 2. The molecule has 0 spiro atoms. The van der Waals surface area contributed by atoms with Gasteiger partial charge in [0.15, 0.2) is 0 Å². The van der Waals surface area contributed by atoms with Gasteiger partial charge in [0, 0.05) is 17.8 Å². The van der Waals surface area contributed by atoms with Crippen molar-refractivity contribution in [2.45, 2.75) is 18.9 Å². The molecule has 3 aromatic rings. The molecule has 142 valence electrons. The molecule has 1 fully saturated rings. The molecule has 1 aliphatic carbocycles. The standard InChI is InChI=1S/C25H20N2O2/c1-15-7-9-18(10-8-15)27-24(28)22-19-11-12-20(23(22)25(27)29)26-14-17(13-21(19)26)16-5-3-2-4-6-16/h2-14,19-20,22-23H,1H3/t19-,20-,22+,23+/m0/s1. The van der Waals surface area contributed by atoms with E-state index in [0.29, 0.717) is 5.69 Å². The number of rotatable bonds is 2. The molecule has 0 N–H and O–H groups in total. The van der Waals surface area contributed by atoms with Crippen molar-refractivity contribution in [3.63, 3.8) is 0 Å². The number of benzene rings is 2. The van der Waals surface area contributed by atoms with Crippen LogP contribution in [0.1, 0.15) is 23.2 Å². The van der Waals surface area contributed by atoms with Gasteiger partial charge in [-0.1, -0.05) is 60.2 Å². The van der Waals surface area contributed by atoms with E-state index in [1.165, 1.54) is 4.90 Å². The van der Waals surface area contributed by atoms with Crippen LogP contribution in [0.4, 0.5) is 5.69 Å². The molecule has 29 heavy (non-hydrogen) atoms. The zero-order valence-corrected chi connectivity index (χ0v) is 16.0. The number of hydrogen-bond donors (Lipinski definition) is 0. The Kier molecular flexibility index (Phi) is 3.31. The molecule has 0 radical (unpaired) electrons. The number of hydrogen-bond acceptors (Lipinski definition) is 2. The van der Waals surface area contributed by atoms with Gasteiger partial charge in [0.05, 0.1) is 23.6 Å². The summed E-state index contributed by atoms with van der Waals surface area (Å²) in [5.74, 6) is -0.859. The van der Waals surface area contributed by atoms with E-state index in [0.717, 1.165) is 22.4 Å². The van der Waals surface area contributed by atoms with Crippen molar-refractivity contribution < 1.29 is 9.59 Å². The van der Waals surface area contributed by atoms with Crippen molar-refractivity contribution in [1.82, 2.24) is 4.57 Å². The molecular formula is C25H20N2O2. The van der Waals surface area contributed by atoms with Gasteiger partial charge in [-0.25, -0.2) is 4.90 Å². The van der Waals surface area contributed by atoms with Gasteiger partial charge in [0.1, 0.15) is 0 Å². The molecule has 2 aromatic carbocycles. The lowest BCUT2D eigenvalue weighted by atomic mass is 9.70. The van der Waals surface area contributed by atoms with E-state index in [-0.39, 0.29) is 35.6 Å². The predicted octanol–water partition coefficient (Wildman–Crippen LogP) is 4.48. The van der Waals surface area contributed by atoms with Gasteiger partial charge in [-0.15, -0.1) is 0 Å². The Morgan fingerprint density at radius 3 is 2.28 bits per heavy atom. The number of imide groups is 1. The SMILES string of the molecule is Cc1ccc(N2C(=O)[C@H]3[C@H](C2=O)[C@@H]2C=C[C@H]3c3cc(-c4ccccc4)cn32)cc1. The van der Waals surface area contributed by atoms with E-state index < -0.39 is 0 Å². The van der Waals surface area contributed by atoms with Gasteiger partial charge in [0.25, 0.3) is 0 Å². The molecular weight excluding hydrogens is 360 g/mol. The van der Waals surface area contributed by atoms with Crippen molar-refractivity contribution in [1.29, 1.82) is 0 Å². The molecule has 4 nitrogen and oxygen atoms in total. The summed E-state index contributed by atoms with van der Waals surface area (Å²) in [7, 11) is 0. The van der Waals surface area contributed by atoms with Crippen molar-refractivity contribution in [3.05, 3.63) is 90.3 Å². The first-order valence-corrected chi connectivity index (χ1v) is 10.0. The highest BCUT2D eigenvalue weighted by Gasteiger charge is 2.59. The van der Waals surface area contributed by atoms with Crippen LogP contribution in [0.15, 0.2) is 79.0 Å². The van der Waals surface area contributed by atoms with Crippen LogP contribution in [0.3, 0.4) is 0 Å². The first kappa shape index (κ1) is 16.5. The average molecular weight is 380 g/mol. The third kappa shape index (κ3) is 2.20. The highest BCUT2D eigenvalue weighted by Crippen LogP contribution is 2.54. The monoisotopic (exact) mass is 380 g/mol. The van der Waals surface area contributed by atoms with E-state index in [1.807, 2.05) is 49.4 Å². The highest BCUT2D eigenvalue weighted by molar-refractivity contribution is 6.23. The number of aryl methyl sites for hydroxylation is 1. The molecule has 2 amide bonds. The van der Waals surface area contributed by atoms with Gasteiger partial charge >= 0.3 is 0 Å². The molecule has 7 rings (SSSR count). The first-order valence-electron chi connectivity index (χ1n) is 10.0. The van der Waals surface area contributed by atoms with Crippen molar-refractivity contribution >= 4 is 17.5 Å². The Bertz CT molecular complexity index is 1120. The predicted molar refractivity (Wildman–Crippen MR) is 111 cm³/mol. The maximum atomic E-state index is 13.4. The van der Waals surface area contributed by atoms with E-state index >= 15 is 0 Å². The van der Waals surface area contributed by atoms with Crippen molar-refractivity contribution in [3.8, 4) is 11.1 Å². The summed E-state index contributed by atoms with van der Waals surface area (Å²) >= 11 is 0. The topological polar surface area (TPSA) is 42.3 Å². The molecule has 4 heteroatoms. The summed E-state index contributed by atoms with van der Waals surface area (Å²) in [6, 6.07) is 19.9. The quantitative estimate of drug-likeness (QED) is 0.486. The lowest BCUT2D eigenvalue weighted by Gasteiger charge is -2.40. The van der Waals surface area contributed by atoms with Gasteiger partial charge in [0.2, 0.25) is 11.8 Å². The number of nitrogens with zero attached hydrogens (tertiary/aromatic N) is 2. The second-order valence-corrected chi connectivity index (χ2v) is 8.23. The maximum absolute atomic E-state index is 13.4. The molecule has 1 aromatic heterocycles. The zero-order valence-electron chi connectivity index (χ0n) is 16.0. The molecule has 4 aliphatic rings. The summed E-state index contributed by atoms with van der Waals surface area (Å²) in [5.41, 5.74) is 5.20. The summed E-state index contributed by atoms with van der Waals surface area (Å²) in [5, 5.41) is 0. The summed E-state index contributed by atoms with van der Waals surface area (Å²) in [6.07, 6.45) is 6.37. The lowest BCUT2D eigenvalue weighted by Crippen LogP contribution is -2.40. The third-order valence-electron chi connectivity index (χ3n) is 6.61. The van der Waals surface area contributed by atoms with Gasteiger partial charge < -0.3 is 4.57 Å². The maximum Gasteiger partial charge on any atom is 0.240 e. The van der Waals surface area contributed by atoms with E-state index in [2.05, 4.69) is 41.1 Å². The van der Waals surface area contributed by atoms with Crippen molar-refractivity contribution in [2.24, 2.45) is 11.8 Å². The van der Waals surface area contributed by atoms with Crippen LogP contribution in [-0.4, -0.2) is 16.4 Å². The molecule has 2 bridgehead atoms. The van der Waals surface area contributed by atoms with Gasteiger partial charge in [-0.2, -0.15) is 0 Å². The van der Waals surface area contributed by atoms with Crippen LogP contribution in [0.5, 0.6) is 0 Å². The minimum Gasteiger partial charge on any atom is -0.343 e. The molecule has 4 atom stereocenters. The zero-order chi connectivity index (χ0) is 19.7. The van der Waals surface area contributed by atoms with Crippen LogP contribution in [0.2, 0.25) is 0 Å². The number of carbonyl (C=O) groups is 2. The smallest absolute Gasteiger partial charge is 0.240 e. The van der Waals surface area contributed by atoms with Crippen LogP contribution < -0.4 is 4.90 Å². The number of allylic oxidation sites excluding steroid dienone is 2. The van der Waals surface area contributed by atoms with E-state index in [1.54, 1.807) is 0 Å². The fourth-order valence-electron chi connectivity index (χ4n) is 5.23. The normalized spacial score (nSPS) is 26.7. The summed E-state index contributed by atoms with van der Waals surface area (Å²) < 4.78 is 2.21. The average Bonchev–Trinajstić information content (AvgIpc) is 3.32. The Morgan fingerprint density at radius 1 is 0.793 bits per heavy atom. The van der Waals surface area contributed by atoms with Crippen LogP contribution >= 0.6 is 0 Å². The number of anilines is 1. The van der Waals surface area contributed by atoms with E-state index in [9.17, 15) is 9.59 Å². The fraction of sp³-hybridized carbons (Fsp3) is 0.200. The minimum absolute atomic E-state index is 0.0608. The van der Waals surface area contributed by atoms with Gasteiger partial charge in [-0.05, 0) is 36.2 Å². The van der Waals surface area contributed by atoms with Crippen LogP contribution in [-0.2, 0) is 9.59 Å². The fourth-order valence-corrected chi connectivity index (χ4v) is 5.23. The molecule has 4 heterocycles. The third-order valence-corrected chi connectivity index (χ3v) is 6.61. The van der Waals surface area contributed by atoms with E-state index in [4.69, 9.17) is 0 Å². The first-order chi connectivity index (χ1) is 14.1. The lowest BCUT2D eigenvalue weighted by molar-refractivity contribution is -0.122. The van der Waals surface area contributed by atoms with Crippen LogP contribution in [0.25, 0.3) is 11.1 Å². The van der Waals surface area contributed by atoms with Crippen molar-refractivity contribution in [2.75, 3.05) is 4.90 Å². The Hall–Kier alpha value is -3.40. The molecule has 1 saturated heterocycles. The Morgan fingerprint density at radius 2 is 1.52 bits per heavy atom. The number of carbonyl (C=O) groups excluding carboxylic acids is 2. The number of aromatic nitrogens is 1.